The number of carboxylic acids is 1. The molecule has 2 rings (SSSR count). The van der Waals surface area contributed by atoms with Gasteiger partial charge in [-0.25, -0.2) is 4.79 Å². The Kier molecular flexibility index (Phi) is 12.4. The number of carbonyl (C=O) groups excluding carboxylic acids is 3. The average Bonchev–Trinajstić information content (AvgIpc) is 2.91. The number of hydrogen-bond donors (Lipinski definition) is 9. The van der Waals surface area contributed by atoms with E-state index in [4.69, 9.17) is 17.2 Å². The molecule has 222 valence electrons. The Morgan fingerprint density at radius 3 is 1.80 bits per heavy atom. The third kappa shape index (κ3) is 11.4. The van der Waals surface area contributed by atoms with Gasteiger partial charge in [-0.2, -0.15) is 0 Å². The zero-order valence-corrected chi connectivity index (χ0v) is 22.6. The van der Waals surface area contributed by atoms with E-state index >= 15 is 0 Å². The Bertz CT molecular complexity index is 1220. The van der Waals surface area contributed by atoms with Gasteiger partial charge in [0.15, 0.2) is 5.96 Å². The maximum atomic E-state index is 13.1. The molecule has 0 aliphatic carbocycles. The number of nitrogens with one attached hydrogen (secondary N) is 3. The second-order valence-corrected chi connectivity index (χ2v) is 9.49. The van der Waals surface area contributed by atoms with E-state index in [9.17, 15) is 34.5 Å². The van der Waals surface area contributed by atoms with E-state index in [-0.39, 0.29) is 43.3 Å². The van der Waals surface area contributed by atoms with Gasteiger partial charge in [0.25, 0.3) is 0 Å². The lowest BCUT2D eigenvalue weighted by Gasteiger charge is -2.23. The van der Waals surface area contributed by atoms with Crippen molar-refractivity contribution in [3.8, 4) is 11.5 Å². The number of amides is 3. The first-order valence-corrected chi connectivity index (χ1v) is 12.9. The summed E-state index contributed by atoms with van der Waals surface area (Å²) in [6.45, 7) is 1.57. The van der Waals surface area contributed by atoms with Crippen LogP contribution >= 0.6 is 0 Å². The molecule has 0 aliphatic heterocycles. The van der Waals surface area contributed by atoms with Crippen LogP contribution in [0.4, 0.5) is 0 Å². The Morgan fingerprint density at radius 2 is 1.29 bits per heavy atom. The summed E-state index contributed by atoms with van der Waals surface area (Å²) in [6, 6.07) is 7.49. The van der Waals surface area contributed by atoms with Crippen molar-refractivity contribution < 1.29 is 34.5 Å². The van der Waals surface area contributed by atoms with Gasteiger partial charge < -0.3 is 48.5 Å². The van der Waals surface area contributed by atoms with Crippen molar-refractivity contribution in [3.63, 3.8) is 0 Å². The van der Waals surface area contributed by atoms with Crippen molar-refractivity contribution >= 4 is 29.7 Å². The molecule has 4 unspecified atom stereocenters. The summed E-state index contributed by atoms with van der Waals surface area (Å²) in [5.74, 6) is -3.38. The van der Waals surface area contributed by atoms with Crippen LogP contribution in [0.3, 0.4) is 0 Å². The van der Waals surface area contributed by atoms with Crippen molar-refractivity contribution in [1.29, 1.82) is 0 Å². The zero-order chi connectivity index (χ0) is 30.5. The van der Waals surface area contributed by atoms with E-state index in [1.165, 1.54) is 43.3 Å². The number of aliphatic imine (C=N–C) groups is 1. The molecule has 14 heteroatoms. The highest BCUT2D eigenvalue weighted by molar-refractivity contribution is 5.94. The number of hydrogen-bond acceptors (Lipinski definition) is 8. The minimum atomic E-state index is -1.29. The molecule has 0 saturated carbocycles. The van der Waals surface area contributed by atoms with Crippen LogP contribution in [-0.4, -0.2) is 75.7 Å². The van der Waals surface area contributed by atoms with Gasteiger partial charge in [0.2, 0.25) is 17.7 Å². The van der Waals surface area contributed by atoms with E-state index in [0.717, 1.165) is 0 Å². The molecule has 2 aromatic rings. The van der Waals surface area contributed by atoms with Crippen LogP contribution in [0.15, 0.2) is 53.5 Å². The number of rotatable bonds is 15. The number of carbonyl (C=O) groups is 4. The Balaban J connectivity index is 2.04. The van der Waals surface area contributed by atoms with Crippen LogP contribution in [0.5, 0.6) is 11.5 Å². The van der Waals surface area contributed by atoms with Gasteiger partial charge in [0.05, 0.1) is 6.04 Å². The molecule has 2 aromatic carbocycles. The molecule has 0 aromatic heterocycles. The third-order valence-electron chi connectivity index (χ3n) is 6.05. The summed E-state index contributed by atoms with van der Waals surface area (Å²) < 4.78 is 0. The van der Waals surface area contributed by atoms with Crippen LogP contribution in [0.25, 0.3) is 0 Å². The van der Waals surface area contributed by atoms with Gasteiger partial charge in [-0.1, -0.05) is 24.3 Å². The number of aromatic hydroxyl groups is 2. The van der Waals surface area contributed by atoms with E-state index < -0.39 is 47.9 Å². The maximum absolute atomic E-state index is 13.1. The predicted molar refractivity (Wildman–Crippen MR) is 151 cm³/mol. The van der Waals surface area contributed by atoms with Gasteiger partial charge in [0, 0.05) is 13.0 Å². The molecule has 4 atom stereocenters. The lowest BCUT2D eigenvalue weighted by molar-refractivity contribution is -0.142. The Hall–Kier alpha value is -4.85. The number of phenols is 2. The van der Waals surface area contributed by atoms with Gasteiger partial charge in [-0.15, -0.1) is 0 Å². The number of nitrogens with two attached hydrogens (primary N) is 3. The quantitative estimate of drug-likeness (QED) is 0.0702. The molecule has 0 fully saturated rings. The number of phenolic OH excluding ortho intramolecular Hbond substituents is 2. The molecule has 0 aliphatic rings. The second kappa shape index (κ2) is 15.7. The normalized spacial score (nSPS) is 13.6. The van der Waals surface area contributed by atoms with Crippen molar-refractivity contribution in [1.82, 2.24) is 16.0 Å². The fraction of sp³-hybridized carbons (Fsp3) is 0.370. The van der Waals surface area contributed by atoms with Gasteiger partial charge in [-0.3, -0.25) is 19.4 Å². The van der Waals surface area contributed by atoms with Gasteiger partial charge in [0.1, 0.15) is 29.6 Å². The highest BCUT2D eigenvalue weighted by Crippen LogP contribution is 2.13. The topological polar surface area (TPSA) is 255 Å². The summed E-state index contributed by atoms with van der Waals surface area (Å²) in [5.41, 5.74) is 18.0. The van der Waals surface area contributed by atoms with Crippen LogP contribution in [0.1, 0.15) is 30.9 Å². The molecular weight excluding hydrogens is 534 g/mol. The SMILES string of the molecule is CC(NC(=O)C(CCCN=C(N)N)NC(=O)C(N)Cc1ccc(O)cc1)C(=O)NC(Cc1ccc(O)cc1)C(=O)O. The number of carboxylic acid groups (broad SMARTS) is 1. The van der Waals surface area contributed by atoms with Gasteiger partial charge >= 0.3 is 5.97 Å². The highest BCUT2D eigenvalue weighted by atomic mass is 16.4. The largest absolute Gasteiger partial charge is 0.508 e. The number of aliphatic carboxylic acids is 1. The lowest BCUT2D eigenvalue weighted by Crippen LogP contribution is -2.56. The predicted octanol–water partition coefficient (Wildman–Crippen LogP) is -1.18. The van der Waals surface area contributed by atoms with E-state index in [2.05, 4.69) is 20.9 Å². The van der Waals surface area contributed by atoms with E-state index in [1.54, 1.807) is 12.1 Å². The lowest BCUT2D eigenvalue weighted by atomic mass is 10.0. The summed E-state index contributed by atoms with van der Waals surface area (Å²) in [5, 5.41) is 35.9. The van der Waals surface area contributed by atoms with Crippen LogP contribution in [0, 0.1) is 0 Å². The summed E-state index contributed by atoms with van der Waals surface area (Å²) in [4.78, 5) is 54.2. The zero-order valence-electron chi connectivity index (χ0n) is 22.6. The van der Waals surface area contributed by atoms with Crippen LogP contribution in [-0.2, 0) is 32.0 Å². The smallest absolute Gasteiger partial charge is 0.326 e. The highest BCUT2D eigenvalue weighted by Gasteiger charge is 2.28. The molecule has 0 spiro atoms. The molecule has 0 saturated heterocycles. The fourth-order valence-electron chi connectivity index (χ4n) is 3.77. The molecule has 3 amide bonds. The second-order valence-electron chi connectivity index (χ2n) is 9.49. The van der Waals surface area contributed by atoms with Crippen LogP contribution in [0.2, 0.25) is 0 Å². The molecule has 0 bridgehead atoms. The molecule has 0 heterocycles. The number of nitrogens with zero attached hydrogens (tertiary/aromatic N) is 1. The summed E-state index contributed by atoms with van der Waals surface area (Å²) in [6.07, 6.45) is 0.528. The van der Waals surface area contributed by atoms with Gasteiger partial charge in [-0.05, 0) is 61.6 Å². The first-order chi connectivity index (χ1) is 19.3. The van der Waals surface area contributed by atoms with E-state index in [0.29, 0.717) is 17.5 Å². The fourth-order valence-corrected chi connectivity index (χ4v) is 3.77. The first kappa shape index (κ1) is 32.4. The Labute approximate surface area is 237 Å². The minimum absolute atomic E-state index is 0.0160. The Morgan fingerprint density at radius 1 is 0.780 bits per heavy atom. The molecule has 12 N–H and O–H groups in total. The molecule has 0 radical (unpaired) electrons. The minimum Gasteiger partial charge on any atom is -0.508 e. The van der Waals surface area contributed by atoms with E-state index in [1.807, 2.05) is 0 Å². The van der Waals surface area contributed by atoms with Crippen molar-refractivity contribution in [2.24, 2.45) is 22.2 Å². The number of guanidine groups is 1. The maximum Gasteiger partial charge on any atom is 0.326 e. The monoisotopic (exact) mass is 571 g/mol. The molecular formula is C27H37N7O7. The van der Waals surface area contributed by atoms with Crippen LogP contribution < -0.4 is 33.2 Å². The molecule has 41 heavy (non-hydrogen) atoms. The van der Waals surface area contributed by atoms with Crippen molar-refractivity contribution in [3.05, 3.63) is 59.7 Å². The van der Waals surface area contributed by atoms with Crippen molar-refractivity contribution in [2.45, 2.75) is 56.8 Å². The first-order valence-electron chi connectivity index (χ1n) is 12.9. The average molecular weight is 572 g/mol. The number of benzene rings is 2. The molecule has 14 nitrogen and oxygen atoms in total. The summed E-state index contributed by atoms with van der Waals surface area (Å²) >= 11 is 0. The standard InChI is InChI=1S/C27H37N7O7/c1-15(23(37)34-22(26(40)41)14-17-6-10-19(36)11-7-17)32-25(39)21(3-2-12-31-27(29)30)33-24(38)20(28)13-16-4-8-18(35)9-5-16/h4-11,15,20-22,35-36H,2-3,12-14,28H2,1H3,(H,32,39)(H,33,38)(H,34,37)(H,40,41)(H4,29,30,31). The third-order valence-corrected chi connectivity index (χ3v) is 6.05. The summed E-state index contributed by atoms with van der Waals surface area (Å²) in [7, 11) is 0. The van der Waals surface area contributed by atoms with Crippen molar-refractivity contribution in [2.75, 3.05) is 6.54 Å².